The number of carbonyl (C=O) groups excluding carboxylic acids is 2. The van der Waals surface area contributed by atoms with Gasteiger partial charge < -0.3 is 20.4 Å². The van der Waals surface area contributed by atoms with Gasteiger partial charge in [0.15, 0.2) is 11.5 Å². The molecule has 0 saturated heterocycles. The second-order valence-corrected chi connectivity index (χ2v) is 2.85. The van der Waals surface area contributed by atoms with E-state index in [1.54, 1.807) is 7.05 Å². The molecule has 0 aliphatic heterocycles. The van der Waals surface area contributed by atoms with Crippen LogP contribution in [0, 0.1) is 0 Å². The summed E-state index contributed by atoms with van der Waals surface area (Å²) in [5, 5.41) is 2.36. The second kappa shape index (κ2) is 4.45. The number of nitrogens with two attached hydrogens (primary N) is 1. The zero-order chi connectivity index (χ0) is 11.4. The van der Waals surface area contributed by atoms with Crippen molar-refractivity contribution >= 4 is 17.7 Å². The minimum absolute atomic E-state index is 0.125. The lowest BCUT2D eigenvalue weighted by Crippen LogP contribution is -2.31. The zero-order valence-corrected chi connectivity index (χ0v) is 8.48. The van der Waals surface area contributed by atoms with Crippen molar-refractivity contribution in [3.05, 3.63) is 12.0 Å². The smallest absolute Gasteiger partial charge is 0.325 e. The average molecular weight is 212 g/mol. The molecule has 82 valence electrons. The van der Waals surface area contributed by atoms with Crippen LogP contribution < -0.4 is 11.1 Å². The average Bonchev–Trinajstić information content (AvgIpc) is 2.54. The standard InChI is InChI=1S/C8H12N4O3/c1-12-4-11-7(9)6(12)8(14)10-3-5(13)15-2/h4H,3,9H2,1-2H3,(H,10,14). The minimum atomic E-state index is -0.524. The molecular weight excluding hydrogens is 200 g/mol. The molecule has 0 saturated carbocycles. The Kier molecular flexibility index (Phi) is 3.27. The topological polar surface area (TPSA) is 99.2 Å². The van der Waals surface area contributed by atoms with Crippen LogP contribution in [0.25, 0.3) is 0 Å². The van der Waals surface area contributed by atoms with Crippen molar-refractivity contribution in [1.29, 1.82) is 0 Å². The number of anilines is 1. The molecule has 0 aromatic carbocycles. The van der Waals surface area contributed by atoms with Crippen LogP contribution >= 0.6 is 0 Å². The van der Waals surface area contributed by atoms with E-state index in [-0.39, 0.29) is 18.1 Å². The SMILES string of the molecule is COC(=O)CNC(=O)c1c(N)ncn1C. The maximum absolute atomic E-state index is 11.5. The van der Waals surface area contributed by atoms with Gasteiger partial charge in [0, 0.05) is 7.05 Å². The van der Waals surface area contributed by atoms with E-state index in [0.717, 1.165) is 0 Å². The fourth-order valence-electron chi connectivity index (χ4n) is 1.03. The van der Waals surface area contributed by atoms with E-state index in [1.165, 1.54) is 18.0 Å². The van der Waals surface area contributed by atoms with Gasteiger partial charge in [-0.25, -0.2) is 4.98 Å². The molecule has 1 rings (SSSR count). The van der Waals surface area contributed by atoms with Crippen molar-refractivity contribution in [1.82, 2.24) is 14.9 Å². The highest BCUT2D eigenvalue weighted by atomic mass is 16.5. The molecule has 7 nitrogen and oxygen atoms in total. The molecule has 7 heteroatoms. The first-order valence-corrected chi connectivity index (χ1v) is 4.18. The first-order valence-electron chi connectivity index (χ1n) is 4.18. The van der Waals surface area contributed by atoms with Crippen molar-refractivity contribution < 1.29 is 14.3 Å². The molecular formula is C8H12N4O3. The number of hydrogen-bond donors (Lipinski definition) is 2. The van der Waals surface area contributed by atoms with Crippen LogP contribution in [0.2, 0.25) is 0 Å². The first kappa shape index (κ1) is 11.0. The minimum Gasteiger partial charge on any atom is -0.468 e. The van der Waals surface area contributed by atoms with Crippen LogP contribution in [0.5, 0.6) is 0 Å². The monoisotopic (exact) mass is 212 g/mol. The number of hydrogen-bond acceptors (Lipinski definition) is 5. The molecule has 0 aliphatic rings. The molecule has 0 radical (unpaired) electrons. The van der Waals surface area contributed by atoms with Crippen LogP contribution in [-0.2, 0) is 16.6 Å². The van der Waals surface area contributed by atoms with Gasteiger partial charge in [-0.1, -0.05) is 0 Å². The van der Waals surface area contributed by atoms with Gasteiger partial charge in [0.25, 0.3) is 5.91 Å². The number of ether oxygens (including phenoxy) is 1. The largest absolute Gasteiger partial charge is 0.468 e. The van der Waals surface area contributed by atoms with E-state index in [9.17, 15) is 9.59 Å². The number of nitrogen functional groups attached to an aromatic ring is 1. The van der Waals surface area contributed by atoms with E-state index in [2.05, 4.69) is 15.0 Å². The molecule has 15 heavy (non-hydrogen) atoms. The summed E-state index contributed by atoms with van der Waals surface area (Å²) in [5.41, 5.74) is 5.69. The van der Waals surface area contributed by atoms with E-state index < -0.39 is 11.9 Å². The number of amides is 1. The summed E-state index contributed by atoms with van der Waals surface area (Å²) in [6, 6.07) is 0. The van der Waals surface area contributed by atoms with Crippen molar-refractivity contribution in [2.24, 2.45) is 7.05 Å². The molecule has 1 heterocycles. The van der Waals surface area contributed by atoms with Gasteiger partial charge in [0.2, 0.25) is 0 Å². The lowest BCUT2D eigenvalue weighted by molar-refractivity contribution is -0.139. The van der Waals surface area contributed by atoms with Crippen LogP contribution in [0.4, 0.5) is 5.82 Å². The van der Waals surface area contributed by atoms with Gasteiger partial charge >= 0.3 is 5.97 Å². The summed E-state index contributed by atoms with van der Waals surface area (Å²) in [4.78, 5) is 26.0. The molecule has 0 fully saturated rings. The summed E-state index contributed by atoms with van der Waals surface area (Å²) in [7, 11) is 2.88. The number of carbonyl (C=O) groups is 2. The maximum Gasteiger partial charge on any atom is 0.325 e. The van der Waals surface area contributed by atoms with Gasteiger partial charge in [-0.2, -0.15) is 0 Å². The number of aryl methyl sites for hydroxylation is 1. The van der Waals surface area contributed by atoms with Crippen LogP contribution in [0.15, 0.2) is 6.33 Å². The molecule has 1 aromatic heterocycles. The summed E-state index contributed by atoms with van der Waals surface area (Å²) in [6.07, 6.45) is 1.42. The van der Waals surface area contributed by atoms with E-state index in [4.69, 9.17) is 5.73 Å². The Morgan fingerprint density at radius 2 is 2.33 bits per heavy atom. The van der Waals surface area contributed by atoms with Crippen LogP contribution in [-0.4, -0.2) is 35.1 Å². The van der Waals surface area contributed by atoms with Crippen LogP contribution in [0.3, 0.4) is 0 Å². The number of aromatic nitrogens is 2. The van der Waals surface area contributed by atoms with Crippen molar-refractivity contribution in [3.8, 4) is 0 Å². The molecule has 3 N–H and O–H groups in total. The Bertz CT molecular complexity index is 366. The summed E-state index contributed by atoms with van der Waals surface area (Å²) < 4.78 is 5.85. The Morgan fingerprint density at radius 1 is 1.67 bits per heavy atom. The number of nitrogens with zero attached hydrogens (tertiary/aromatic N) is 2. The van der Waals surface area contributed by atoms with Gasteiger partial charge in [0.05, 0.1) is 13.4 Å². The summed E-state index contributed by atoms with van der Waals surface area (Å²) in [6.45, 7) is -0.194. The van der Waals surface area contributed by atoms with Gasteiger partial charge in [-0.3, -0.25) is 9.59 Å². The summed E-state index contributed by atoms with van der Waals surface area (Å²) in [5.74, 6) is -0.859. The Labute approximate surface area is 86.2 Å². The highest BCUT2D eigenvalue weighted by Gasteiger charge is 2.15. The molecule has 1 aromatic rings. The van der Waals surface area contributed by atoms with E-state index in [0.29, 0.717) is 0 Å². The molecule has 1 amide bonds. The van der Waals surface area contributed by atoms with Crippen molar-refractivity contribution in [2.75, 3.05) is 19.4 Å². The second-order valence-electron chi connectivity index (χ2n) is 2.85. The fourth-order valence-corrected chi connectivity index (χ4v) is 1.03. The van der Waals surface area contributed by atoms with Crippen molar-refractivity contribution in [3.63, 3.8) is 0 Å². The molecule has 0 aliphatic carbocycles. The Morgan fingerprint density at radius 3 is 2.80 bits per heavy atom. The molecule has 0 unspecified atom stereocenters. The Hall–Kier alpha value is -2.05. The van der Waals surface area contributed by atoms with E-state index in [1.807, 2.05) is 0 Å². The number of nitrogens with one attached hydrogen (secondary N) is 1. The molecule has 0 bridgehead atoms. The predicted octanol–water partition coefficient (Wildman–Crippen LogP) is -1.09. The zero-order valence-electron chi connectivity index (χ0n) is 8.48. The first-order chi connectivity index (χ1) is 7.06. The third-order valence-electron chi connectivity index (χ3n) is 1.80. The number of esters is 1. The van der Waals surface area contributed by atoms with Gasteiger partial charge in [0.1, 0.15) is 6.54 Å². The number of rotatable bonds is 3. The highest BCUT2D eigenvalue weighted by molar-refractivity contribution is 5.98. The third kappa shape index (κ3) is 2.46. The third-order valence-corrected chi connectivity index (χ3v) is 1.80. The van der Waals surface area contributed by atoms with Crippen LogP contribution in [0.1, 0.15) is 10.5 Å². The lowest BCUT2D eigenvalue weighted by atomic mass is 10.4. The Balaban J connectivity index is 2.66. The normalized spacial score (nSPS) is 9.73. The van der Waals surface area contributed by atoms with Crippen molar-refractivity contribution in [2.45, 2.75) is 0 Å². The lowest BCUT2D eigenvalue weighted by Gasteiger charge is -2.04. The quantitative estimate of drug-likeness (QED) is 0.620. The number of methoxy groups -OCH3 is 1. The molecule has 0 atom stereocenters. The fraction of sp³-hybridized carbons (Fsp3) is 0.375. The number of imidazole rings is 1. The maximum atomic E-state index is 11.5. The highest BCUT2D eigenvalue weighted by Crippen LogP contribution is 2.06. The van der Waals surface area contributed by atoms with E-state index >= 15 is 0 Å². The summed E-state index contributed by atoms with van der Waals surface area (Å²) >= 11 is 0. The van der Waals surface area contributed by atoms with Gasteiger partial charge in [-0.15, -0.1) is 0 Å². The van der Waals surface area contributed by atoms with Gasteiger partial charge in [-0.05, 0) is 0 Å². The molecule has 0 spiro atoms. The predicted molar refractivity (Wildman–Crippen MR) is 52.0 cm³/mol.